The summed E-state index contributed by atoms with van der Waals surface area (Å²) in [6.07, 6.45) is 0. The lowest BCUT2D eigenvalue weighted by atomic mass is 9.90. The largest absolute Gasteiger partial charge is 0.459 e. The molecule has 3 heterocycles. The monoisotopic (exact) mass is 571 g/mol. The van der Waals surface area contributed by atoms with E-state index >= 15 is 0 Å². The Hall–Kier alpha value is -3.44. The van der Waals surface area contributed by atoms with Crippen LogP contribution >= 0.6 is 23.4 Å². The zero-order valence-electron chi connectivity index (χ0n) is 21.9. The molecule has 3 amide bonds. The minimum absolute atomic E-state index is 0.0146. The lowest BCUT2D eigenvalue weighted by Crippen LogP contribution is -2.71. The molecule has 0 bridgehead atoms. The standard InChI is InChI=1S/C27H26ClN3O7S/c1-12-13(2)15(4)19-18(14(12)3)22(32)29(23(19)33)20-24(34)30-21(27(5,11-28)39-25(20)30)26(35)38-10-16-6-8-17(9-7-16)31(36)37/h6-9,20-21,25H,10-11H2,1-5H3/t20?,21?,25-,27+/m1/s1. The lowest BCUT2D eigenvalue weighted by molar-refractivity contribution is -0.384. The molecule has 0 saturated carbocycles. The fourth-order valence-electron chi connectivity index (χ4n) is 5.59. The summed E-state index contributed by atoms with van der Waals surface area (Å²) in [5.74, 6) is -2.20. The number of carbonyl (C=O) groups is 4. The molecule has 10 nitrogen and oxygen atoms in total. The molecule has 2 aromatic carbocycles. The van der Waals surface area contributed by atoms with E-state index in [2.05, 4.69) is 0 Å². The van der Waals surface area contributed by atoms with Gasteiger partial charge >= 0.3 is 5.97 Å². The van der Waals surface area contributed by atoms with Gasteiger partial charge in [0.05, 0.1) is 20.8 Å². The minimum atomic E-state index is -1.06. The Kier molecular flexibility index (Phi) is 6.50. The predicted molar refractivity (Wildman–Crippen MR) is 144 cm³/mol. The van der Waals surface area contributed by atoms with E-state index in [0.29, 0.717) is 16.7 Å². The number of β-lactam (4-membered cyclic amide) rings is 1. The van der Waals surface area contributed by atoms with Crippen molar-refractivity contribution in [1.82, 2.24) is 9.80 Å². The van der Waals surface area contributed by atoms with Gasteiger partial charge in [-0.2, -0.15) is 0 Å². The van der Waals surface area contributed by atoms with Crippen LogP contribution in [0.1, 0.15) is 55.5 Å². The highest BCUT2D eigenvalue weighted by Gasteiger charge is 2.68. The van der Waals surface area contributed by atoms with Crippen molar-refractivity contribution < 1.29 is 28.8 Å². The third kappa shape index (κ3) is 3.85. The molecule has 3 aliphatic rings. The van der Waals surface area contributed by atoms with Crippen LogP contribution in [0.15, 0.2) is 24.3 Å². The summed E-state index contributed by atoms with van der Waals surface area (Å²) in [7, 11) is 0. The molecular formula is C27H26ClN3O7S. The Morgan fingerprint density at radius 1 is 1.03 bits per heavy atom. The highest BCUT2D eigenvalue weighted by molar-refractivity contribution is 8.01. The van der Waals surface area contributed by atoms with Gasteiger partial charge in [-0.05, 0) is 74.6 Å². The molecular weight excluding hydrogens is 546 g/mol. The quantitative estimate of drug-likeness (QED) is 0.128. The molecule has 5 rings (SSSR count). The van der Waals surface area contributed by atoms with Gasteiger partial charge in [-0.3, -0.25) is 29.4 Å². The SMILES string of the molecule is Cc1c(C)c(C)c2c(c1C)C(=O)N(C1C(=O)N3C(C(=O)OCc4ccc([N+](=O)[O-])cc4)[C@](C)(CCl)S[C@H]13)C2=O. The fourth-order valence-corrected chi connectivity index (χ4v) is 7.58. The van der Waals surface area contributed by atoms with Crippen LogP contribution in [0.4, 0.5) is 5.69 Å². The first kappa shape index (κ1) is 27.1. The van der Waals surface area contributed by atoms with Crippen molar-refractivity contribution in [2.75, 3.05) is 5.88 Å². The second-order valence-electron chi connectivity index (χ2n) is 10.3. The number of benzene rings is 2. The van der Waals surface area contributed by atoms with Gasteiger partial charge < -0.3 is 9.64 Å². The Balaban J connectivity index is 1.39. The third-order valence-corrected chi connectivity index (χ3v) is 10.5. The molecule has 0 radical (unpaired) electrons. The van der Waals surface area contributed by atoms with Crippen LogP contribution in [-0.2, 0) is 20.9 Å². The lowest BCUT2D eigenvalue weighted by Gasteiger charge is -2.46. The summed E-state index contributed by atoms with van der Waals surface area (Å²) in [5, 5.41) is 10.2. The van der Waals surface area contributed by atoms with Gasteiger partial charge in [0, 0.05) is 18.0 Å². The van der Waals surface area contributed by atoms with E-state index in [4.69, 9.17) is 16.3 Å². The number of nitro groups is 1. The Labute approximate surface area is 233 Å². The van der Waals surface area contributed by atoms with Crippen molar-refractivity contribution in [3.63, 3.8) is 0 Å². The van der Waals surface area contributed by atoms with Crippen molar-refractivity contribution in [1.29, 1.82) is 0 Å². The molecule has 3 aliphatic heterocycles. The van der Waals surface area contributed by atoms with Gasteiger partial charge in [-0.25, -0.2) is 4.79 Å². The molecule has 0 N–H and O–H groups in total. The predicted octanol–water partition coefficient (Wildman–Crippen LogP) is 3.82. The molecule has 4 atom stereocenters. The first-order chi connectivity index (χ1) is 18.3. The number of esters is 1. The molecule has 2 aromatic rings. The van der Waals surface area contributed by atoms with E-state index in [1.807, 2.05) is 13.8 Å². The molecule has 0 aromatic heterocycles. The second kappa shape index (κ2) is 9.34. The summed E-state index contributed by atoms with van der Waals surface area (Å²) in [4.78, 5) is 66.6. The van der Waals surface area contributed by atoms with E-state index in [-0.39, 0.29) is 18.2 Å². The molecule has 2 saturated heterocycles. The number of rotatable bonds is 6. The summed E-state index contributed by atoms with van der Waals surface area (Å²) in [5.41, 5.74) is 4.40. The number of thioether (sulfide) groups is 1. The highest BCUT2D eigenvalue weighted by atomic mass is 35.5. The maximum Gasteiger partial charge on any atom is 0.330 e. The number of non-ortho nitro benzene ring substituents is 1. The van der Waals surface area contributed by atoms with Gasteiger partial charge in [0.1, 0.15) is 24.1 Å². The van der Waals surface area contributed by atoms with Gasteiger partial charge in [-0.15, -0.1) is 23.4 Å². The summed E-state index contributed by atoms with van der Waals surface area (Å²) < 4.78 is 4.57. The van der Waals surface area contributed by atoms with Gasteiger partial charge in [0.2, 0.25) is 0 Å². The second-order valence-corrected chi connectivity index (χ2v) is 12.2. The number of carbonyl (C=O) groups excluding carboxylic acids is 4. The maximum absolute atomic E-state index is 13.5. The van der Waals surface area contributed by atoms with Crippen molar-refractivity contribution in [2.45, 2.75) is 63.4 Å². The van der Waals surface area contributed by atoms with Crippen LogP contribution in [0.2, 0.25) is 0 Å². The molecule has 0 aliphatic carbocycles. The van der Waals surface area contributed by atoms with Crippen molar-refractivity contribution in [3.8, 4) is 0 Å². The van der Waals surface area contributed by atoms with Gasteiger partial charge in [0.25, 0.3) is 23.4 Å². The Morgan fingerprint density at radius 3 is 2.05 bits per heavy atom. The molecule has 12 heteroatoms. The van der Waals surface area contributed by atoms with Crippen molar-refractivity contribution in [3.05, 3.63) is 73.3 Å². The van der Waals surface area contributed by atoms with E-state index in [1.165, 1.54) is 40.9 Å². The van der Waals surface area contributed by atoms with Crippen LogP contribution in [-0.4, -0.2) is 66.5 Å². The van der Waals surface area contributed by atoms with Crippen molar-refractivity contribution in [2.24, 2.45) is 0 Å². The Morgan fingerprint density at radius 2 is 1.56 bits per heavy atom. The normalized spacial score (nSPS) is 25.5. The highest BCUT2D eigenvalue weighted by Crippen LogP contribution is 2.54. The van der Waals surface area contributed by atoms with Crippen LogP contribution < -0.4 is 0 Å². The third-order valence-electron chi connectivity index (χ3n) is 8.15. The first-order valence-electron chi connectivity index (χ1n) is 12.3. The van der Waals surface area contributed by atoms with Crippen molar-refractivity contribution >= 4 is 52.7 Å². The maximum atomic E-state index is 13.5. The van der Waals surface area contributed by atoms with E-state index in [0.717, 1.165) is 27.2 Å². The van der Waals surface area contributed by atoms with Gasteiger partial charge in [-0.1, -0.05) is 0 Å². The summed E-state index contributed by atoms with van der Waals surface area (Å²) >= 11 is 7.57. The number of fused-ring (bicyclic) bond motifs is 2. The number of imide groups is 1. The number of hydrogen-bond donors (Lipinski definition) is 0. The zero-order valence-corrected chi connectivity index (χ0v) is 23.5. The molecule has 0 spiro atoms. The van der Waals surface area contributed by atoms with Crippen LogP contribution in [0.5, 0.6) is 0 Å². The smallest absolute Gasteiger partial charge is 0.330 e. The zero-order chi connectivity index (χ0) is 28.5. The van der Waals surface area contributed by atoms with Crippen LogP contribution in [0, 0.1) is 37.8 Å². The molecule has 204 valence electrons. The van der Waals surface area contributed by atoms with Crippen LogP contribution in [0.25, 0.3) is 0 Å². The fraction of sp³-hybridized carbons (Fsp3) is 0.407. The minimum Gasteiger partial charge on any atom is -0.459 e. The number of amides is 3. The number of hydrogen-bond acceptors (Lipinski definition) is 8. The van der Waals surface area contributed by atoms with Gasteiger partial charge in [0.15, 0.2) is 0 Å². The topological polar surface area (TPSA) is 127 Å². The average molecular weight is 572 g/mol. The van der Waals surface area contributed by atoms with E-state index in [9.17, 15) is 29.3 Å². The number of ether oxygens (including phenoxy) is 1. The Bertz CT molecular complexity index is 1430. The number of alkyl halides is 1. The van der Waals surface area contributed by atoms with E-state index < -0.39 is 50.8 Å². The number of nitro benzene ring substituents is 1. The number of nitrogens with zero attached hydrogens (tertiary/aromatic N) is 3. The molecule has 2 fully saturated rings. The first-order valence-corrected chi connectivity index (χ1v) is 13.7. The summed E-state index contributed by atoms with van der Waals surface area (Å²) in [6.45, 7) is 9.00. The molecule has 39 heavy (non-hydrogen) atoms. The average Bonchev–Trinajstić information content (AvgIpc) is 3.33. The molecule has 2 unspecified atom stereocenters. The van der Waals surface area contributed by atoms with Crippen LogP contribution in [0.3, 0.4) is 0 Å². The summed E-state index contributed by atoms with van der Waals surface area (Å²) in [6, 6.07) is 3.50. The number of halogens is 1. The van der Waals surface area contributed by atoms with E-state index in [1.54, 1.807) is 20.8 Å².